The summed E-state index contributed by atoms with van der Waals surface area (Å²) in [6.07, 6.45) is -0.411. The Morgan fingerprint density at radius 1 is 1.42 bits per heavy atom. The minimum absolute atomic E-state index is 0. The third-order valence-corrected chi connectivity index (χ3v) is 2.98. The first-order valence-electron chi connectivity index (χ1n) is 5.73. The number of hydrogen-bond donors (Lipinski definition) is 1. The van der Waals surface area contributed by atoms with Gasteiger partial charge in [-0.05, 0) is 12.1 Å². The van der Waals surface area contributed by atoms with Gasteiger partial charge in [-0.1, -0.05) is 17.7 Å². The van der Waals surface area contributed by atoms with Gasteiger partial charge in [-0.25, -0.2) is 9.18 Å². The van der Waals surface area contributed by atoms with E-state index in [0.29, 0.717) is 23.7 Å². The number of carbonyl (C=O) groups is 1. The summed E-state index contributed by atoms with van der Waals surface area (Å²) in [4.78, 5) is 13.3. The second-order valence-corrected chi connectivity index (χ2v) is 4.46. The fourth-order valence-electron chi connectivity index (χ4n) is 1.72. The molecule has 7 heteroatoms. The Bertz CT molecular complexity index is 440. The molecule has 1 aliphatic rings. The summed E-state index contributed by atoms with van der Waals surface area (Å²) in [5, 5.41) is 3.46. The van der Waals surface area contributed by atoms with Crippen LogP contribution in [0.5, 0.6) is 0 Å². The van der Waals surface area contributed by atoms with Crippen molar-refractivity contribution >= 4 is 30.1 Å². The van der Waals surface area contributed by atoms with Crippen LogP contribution in [-0.2, 0) is 11.3 Å². The molecular formula is C12H15Cl2FN2O2. The van der Waals surface area contributed by atoms with Gasteiger partial charge in [0.25, 0.3) is 0 Å². The van der Waals surface area contributed by atoms with Crippen molar-refractivity contribution in [2.24, 2.45) is 0 Å². The monoisotopic (exact) mass is 308 g/mol. The van der Waals surface area contributed by atoms with Crippen LogP contribution in [0.1, 0.15) is 5.56 Å². The number of piperazine rings is 1. The number of hydrogen-bond acceptors (Lipinski definition) is 3. The summed E-state index contributed by atoms with van der Waals surface area (Å²) in [6.45, 7) is 2.66. The minimum atomic E-state index is -0.462. The van der Waals surface area contributed by atoms with Crippen LogP contribution >= 0.6 is 24.0 Å². The Balaban J connectivity index is 0.00000180. The van der Waals surface area contributed by atoms with E-state index in [1.54, 1.807) is 11.0 Å². The average Bonchev–Trinajstić information content (AvgIpc) is 2.38. The Kier molecular flexibility index (Phi) is 6.34. The molecule has 0 bridgehead atoms. The lowest BCUT2D eigenvalue weighted by atomic mass is 10.2. The fraction of sp³-hybridized carbons (Fsp3) is 0.417. The summed E-state index contributed by atoms with van der Waals surface area (Å²) >= 11 is 5.64. The van der Waals surface area contributed by atoms with Gasteiger partial charge in [0.1, 0.15) is 12.4 Å². The van der Waals surface area contributed by atoms with E-state index < -0.39 is 11.9 Å². The van der Waals surface area contributed by atoms with Gasteiger partial charge in [0.2, 0.25) is 0 Å². The highest BCUT2D eigenvalue weighted by Gasteiger charge is 2.17. The highest BCUT2D eigenvalue weighted by Crippen LogP contribution is 2.15. The van der Waals surface area contributed by atoms with Crippen LogP contribution in [-0.4, -0.2) is 37.2 Å². The average molecular weight is 309 g/mol. The number of amides is 1. The van der Waals surface area contributed by atoms with E-state index in [1.807, 2.05) is 0 Å². The van der Waals surface area contributed by atoms with Crippen LogP contribution in [0.15, 0.2) is 18.2 Å². The lowest BCUT2D eigenvalue weighted by Gasteiger charge is -2.26. The van der Waals surface area contributed by atoms with Crippen molar-refractivity contribution in [3.63, 3.8) is 0 Å². The van der Waals surface area contributed by atoms with Gasteiger partial charge >= 0.3 is 6.09 Å². The van der Waals surface area contributed by atoms with Crippen molar-refractivity contribution in [1.29, 1.82) is 0 Å². The summed E-state index contributed by atoms with van der Waals surface area (Å²) in [6, 6.07) is 4.29. The van der Waals surface area contributed by atoms with Crippen molar-refractivity contribution < 1.29 is 13.9 Å². The standard InChI is InChI=1S/C12H14ClFN2O2.ClH/c13-10-2-1-9(11(14)7-10)8-18-12(17)16-5-3-15-4-6-16;/h1-2,7,15H,3-6,8H2;1H. The number of benzene rings is 1. The molecule has 1 N–H and O–H groups in total. The number of nitrogens with one attached hydrogen (secondary N) is 1. The van der Waals surface area contributed by atoms with E-state index in [9.17, 15) is 9.18 Å². The third-order valence-electron chi connectivity index (χ3n) is 2.74. The second-order valence-electron chi connectivity index (χ2n) is 4.03. The van der Waals surface area contributed by atoms with Gasteiger partial charge in [0.15, 0.2) is 0 Å². The third kappa shape index (κ3) is 4.53. The summed E-state index contributed by atoms with van der Waals surface area (Å²) in [5.41, 5.74) is 0.322. The molecule has 1 amide bonds. The van der Waals surface area contributed by atoms with E-state index in [2.05, 4.69) is 5.32 Å². The van der Waals surface area contributed by atoms with Crippen LogP contribution in [0.3, 0.4) is 0 Å². The molecule has 0 atom stereocenters. The largest absolute Gasteiger partial charge is 0.444 e. The molecule has 0 unspecified atom stereocenters. The molecule has 1 fully saturated rings. The molecule has 0 aromatic heterocycles. The molecule has 1 saturated heterocycles. The zero-order valence-electron chi connectivity index (χ0n) is 10.2. The first-order chi connectivity index (χ1) is 8.66. The molecule has 0 spiro atoms. The quantitative estimate of drug-likeness (QED) is 0.912. The van der Waals surface area contributed by atoms with Gasteiger partial charge in [-0.2, -0.15) is 0 Å². The molecule has 19 heavy (non-hydrogen) atoms. The minimum Gasteiger partial charge on any atom is -0.444 e. The normalized spacial score (nSPS) is 14.7. The van der Waals surface area contributed by atoms with Gasteiger partial charge in [0.05, 0.1) is 0 Å². The van der Waals surface area contributed by atoms with E-state index in [-0.39, 0.29) is 19.0 Å². The topological polar surface area (TPSA) is 41.6 Å². The number of carbonyl (C=O) groups excluding carboxylic acids is 1. The zero-order valence-corrected chi connectivity index (χ0v) is 11.8. The molecule has 106 valence electrons. The van der Waals surface area contributed by atoms with Gasteiger partial charge in [-0.3, -0.25) is 0 Å². The highest BCUT2D eigenvalue weighted by molar-refractivity contribution is 6.30. The van der Waals surface area contributed by atoms with E-state index in [1.165, 1.54) is 12.1 Å². The van der Waals surface area contributed by atoms with Crippen molar-refractivity contribution in [3.8, 4) is 0 Å². The summed E-state index contributed by atoms with van der Waals surface area (Å²) in [7, 11) is 0. The highest BCUT2D eigenvalue weighted by atomic mass is 35.5. The lowest BCUT2D eigenvalue weighted by molar-refractivity contribution is 0.0910. The molecular weight excluding hydrogens is 294 g/mol. The maximum Gasteiger partial charge on any atom is 0.410 e. The molecule has 1 aliphatic heterocycles. The molecule has 1 aromatic carbocycles. The van der Waals surface area contributed by atoms with Gasteiger partial charge in [-0.15, -0.1) is 12.4 Å². The second kappa shape index (κ2) is 7.53. The zero-order chi connectivity index (χ0) is 13.0. The summed E-state index contributed by atoms with van der Waals surface area (Å²) in [5.74, 6) is -0.462. The van der Waals surface area contributed by atoms with Crippen LogP contribution in [0.2, 0.25) is 5.02 Å². The fourth-order valence-corrected chi connectivity index (χ4v) is 1.88. The maximum atomic E-state index is 13.4. The molecule has 0 saturated carbocycles. The van der Waals surface area contributed by atoms with E-state index in [4.69, 9.17) is 16.3 Å². The molecule has 1 aromatic rings. The summed E-state index contributed by atoms with van der Waals surface area (Å²) < 4.78 is 18.5. The molecule has 0 radical (unpaired) electrons. The smallest absolute Gasteiger partial charge is 0.410 e. The van der Waals surface area contributed by atoms with E-state index >= 15 is 0 Å². The Morgan fingerprint density at radius 2 is 2.11 bits per heavy atom. The van der Waals surface area contributed by atoms with Crippen LogP contribution < -0.4 is 5.32 Å². The SMILES string of the molecule is Cl.O=C(OCc1ccc(Cl)cc1F)N1CCNCC1. The number of rotatable bonds is 2. The number of halogens is 3. The van der Waals surface area contributed by atoms with Crippen molar-refractivity contribution in [1.82, 2.24) is 10.2 Å². The Hall–Kier alpha value is -1.04. The van der Waals surface area contributed by atoms with Crippen LogP contribution in [0.4, 0.5) is 9.18 Å². The Labute approximate surface area is 122 Å². The molecule has 0 aliphatic carbocycles. The maximum absolute atomic E-state index is 13.4. The lowest BCUT2D eigenvalue weighted by Crippen LogP contribution is -2.46. The van der Waals surface area contributed by atoms with Crippen LogP contribution in [0.25, 0.3) is 0 Å². The molecule has 4 nitrogen and oxygen atoms in total. The van der Waals surface area contributed by atoms with Crippen LogP contribution in [0, 0.1) is 5.82 Å². The number of ether oxygens (including phenoxy) is 1. The first-order valence-corrected chi connectivity index (χ1v) is 6.11. The van der Waals surface area contributed by atoms with E-state index in [0.717, 1.165) is 13.1 Å². The number of nitrogens with zero attached hydrogens (tertiary/aromatic N) is 1. The van der Waals surface area contributed by atoms with Gasteiger partial charge < -0.3 is 15.0 Å². The predicted octanol–water partition coefficient (Wildman–Crippen LogP) is 2.44. The van der Waals surface area contributed by atoms with Gasteiger partial charge in [0, 0.05) is 36.8 Å². The van der Waals surface area contributed by atoms with Crippen molar-refractivity contribution in [2.75, 3.05) is 26.2 Å². The molecule has 1 heterocycles. The Morgan fingerprint density at radius 3 is 2.74 bits per heavy atom. The predicted molar refractivity (Wildman–Crippen MR) is 73.3 cm³/mol. The van der Waals surface area contributed by atoms with Crippen molar-refractivity contribution in [2.45, 2.75) is 6.61 Å². The molecule has 2 rings (SSSR count). The van der Waals surface area contributed by atoms with Crippen molar-refractivity contribution in [3.05, 3.63) is 34.6 Å². The first kappa shape index (κ1) is 16.0.